The van der Waals surface area contributed by atoms with Gasteiger partial charge in [-0.1, -0.05) is 23.7 Å². The lowest BCUT2D eigenvalue weighted by atomic mass is 10.0. The Balaban J connectivity index is 0.00000312. The average Bonchev–Trinajstić information content (AvgIpc) is 3.06. The summed E-state index contributed by atoms with van der Waals surface area (Å²) >= 11 is 6.04. The van der Waals surface area contributed by atoms with Crippen LogP contribution in [-0.4, -0.2) is 36.1 Å². The first-order valence-electron chi connectivity index (χ1n) is 7.92. The third-order valence-electron chi connectivity index (χ3n) is 3.59. The number of aliphatic imine (C=N–C) groups is 1. The minimum Gasteiger partial charge on any atom is -0.466 e. The van der Waals surface area contributed by atoms with Crippen molar-refractivity contribution in [2.24, 2.45) is 4.99 Å². The molecule has 0 fully saturated rings. The van der Waals surface area contributed by atoms with Crippen molar-refractivity contribution in [2.45, 2.75) is 26.0 Å². The lowest BCUT2D eigenvalue weighted by Gasteiger charge is -2.24. The second kappa shape index (κ2) is 10.0. The van der Waals surface area contributed by atoms with Crippen LogP contribution >= 0.6 is 35.6 Å². The van der Waals surface area contributed by atoms with Crippen LogP contribution in [0.25, 0.3) is 0 Å². The van der Waals surface area contributed by atoms with Crippen molar-refractivity contribution >= 4 is 41.5 Å². The fourth-order valence-electron chi connectivity index (χ4n) is 2.35. The van der Waals surface area contributed by atoms with Gasteiger partial charge in [0.05, 0.1) is 12.8 Å². The van der Waals surface area contributed by atoms with Gasteiger partial charge in [0.1, 0.15) is 11.4 Å². The first-order chi connectivity index (χ1) is 11.4. The van der Waals surface area contributed by atoms with Crippen LogP contribution in [0.1, 0.15) is 25.2 Å². The van der Waals surface area contributed by atoms with Gasteiger partial charge in [-0.05, 0) is 43.7 Å². The first-order valence-corrected chi connectivity index (χ1v) is 8.30. The Labute approximate surface area is 171 Å². The maximum atomic E-state index is 10.5. The third-order valence-corrected chi connectivity index (χ3v) is 3.83. The van der Waals surface area contributed by atoms with Crippen molar-refractivity contribution in [3.8, 4) is 0 Å². The molecule has 2 aromatic rings. The molecule has 138 valence electrons. The Morgan fingerprint density at radius 2 is 2.12 bits per heavy atom. The van der Waals surface area contributed by atoms with Gasteiger partial charge < -0.3 is 19.7 Å². The molecule has 1 unspecified atom stereocenters. The van der Waals surface area contributed by atoms with E-state index in [2.05, 4.69) is 10.3 Å². The summed E-state index contributed by atoms with van der Waals surface area (Å²) in [5.41, 5.74) is -0.0606. The molecule has 0 radical (unpaired) electrons. The molecule has 1 aromatic heterocycles. The van der Waals surface area contributed by atoms with Gasteiger partial charge in [0.25, 0.3) is 0 Å². The molecule has 7 heteroatoms. The molecule has 25 heavy (non-hydrogen) atoms. The number of nitrogens with one attached hydrogen (secondary N) is 1. The van der Waals surface area contributed by atoms with Gasteiger partial charge in [-0.3, -0.25) is 0 Å². The molecule has 0 bridgehead atoms. The number of aliphatic hydroxyl groups is 1. The number of halogens is 2. The fraction of sp³-hybridized carbons (Fsp3) is 0.389. The second-order valence-corrected chi connectivity index (χ2v) is 6.34. The van der Waals surface area contributed by atoms with E-state index in [9.17, 15) is 5.11 Å². The van der Waals surface area contributed by atoms with Gasteiger partial charge in [-0.2, -0.15) is 0 Å². The monoisotopic (exact) mass is 477 g/mol. The quantitative estimate of drug-likeness (QED) is 0.377. The summed E-state index contributed by atoms with van der Waals surface area (Å²) < 4.78 is 5.29. The molecule has 0 saturated carbocycles. The SMILES string of the molecule is CCNC(=NCC(C)(O)c1ccco1)N(C)Cc1cccc(Cl)c1.I. The van der Waals surface area contributed by atoms with Gasteiger partial charge in [0.2, 0.25) is 0 Å². The van der Waals surface area contributed by atoms with Crippen molar-refractivity contribution in [1.82, 2.24) is 10.2 Å². The van der Waals surface area contributed by atoms with E-state index in [1.54, 1.807) is 25.3 Å². The Hall–Kier alpha value is -1.25. The van der Waals surface area contributed by atoms with Gasteiger partial charge in [-0.25, -0.2) is 4.99 Å². The van der Waals surface area contributed by atoms with Gasteiger partial charge in [0, 0.05) is 25.2 Å². The highest BCUT2D eigenvalue weighted by Crippen LogP contribution is 2.21. The van der Waals surface area contributed by atoms with Crippen LogP contribution in [0.4, 0.5) is 0 Å². The molecule has 1 heterocycles. The molecular formula is C18H25ClIN3O2. The molecule has 0 saturated heterocycles. The van der Waals surface area contributed by atoms with Gasteiger partial charge in [0.15, 0.2) is 5.96 Å². The number of hydrogen-bond acceptors (Lipinski definition) is 3. The highest BCUT2D eigenvalue weighted by molar-refractivity contribution is 14.0. The lowest BCUT2D eigenvalue weighted by molar-refractivity contribution is 0.0435. The van der Waals surface area contributed by atoms with Crippen molar-refractivity contribution in [3.05, 3.63) is 59.0 Å². The van der Waals surface area contributed by atoms with Crippen LogP contribution in [0.3, 0.4) is 0 Å². The van der Waals surface area contributed by atoms with E-state index in [4.69, 9.17) is 16.0 Å². The van der Waals surface area contributed by atoms with Crippen molar-refractivity contribution in [3.63, 3.8) is 0 Å². The summed E-state index contributed by atoms with van der Waals surface area (Å²) in [5.74, 6) is 1.21. The minimum absolute atomic E-state index is 0. The smallest absolute Gasteiger partial charge is 0.194 e. The molecule has 0 aliphatic carbocycles. The second-order valence-electron chi connectivity index (χ2n) is 5.91. The predicted octanol–water partition coefficient (Wildman–Crippen LogP) is 3.86. The zero-order chi connectivity index (χ0) is 17.6. The van der Waals surface area contributed by atoms with Crippen molar-refractivity contribution < 1.29 is 9.52 Å². The molecule has 0 amide bonds. The highest BCUT2D eigenvalue weighted by Gasteiger charge is 2.26. The summed E-state index contributed by atoms with van der Waals surface area (Å²) in [6, 6.07) is 11.2. The topological polar surface area (TPSA) is 61.0 Å². The van der Waals surface area contributed by atoms with Gasteiger partial charge in [-0.15, -0.1) is 24.0 Å². The number of hydrogen-bond donors (Lipinski definition) is 2. The van der Waals surface area contributed by atoms with Crippen LogP contribution in [0.15, 0.2) is 52.1 Å². The standard InChI is InChI=1S/C18H24ClN3O2.HI/c1-4-20-17(21-13-18(2,23)16-9-6-10-24-16)22(3)12-14-7-5-8-15(19)11-14;/h5-11,23H,4,12-13H2,1-3H3,(H,20,21);1H. The number of furan rings is 1. The lowest BCUT2D eigenvalue weighted by Crippen LogP contribution is -2.39. The van der Waals surface area contributed by atoms with E-state index >= 15 is 0 Å². The van der Waals surface area contributed by atoms with E-state index in [0.29, 0.717) is 23.3 Å². The summed E-state index contributed by atoms with van der Waals surface area (Å²) in [7, 11) is 1.95. The number of guanidine groups is 1. The maximum Gasteiger partial charge on any atom is 0.194 e. The van der Waals surface area contributed by atoms with Crippen molar-refractivity contribution in [1.29, 1.82) is 0 Å². The summed E-state index contributed by atoms with van der Waals surface area (Å²) in [6.07, 6.45) is 1.55. The summed E-state index contributed by atoms with van der Waals surface area (Å²) in [4.78, 5) is 6.54. The molecule has 5 nitrogen and oxygen atoms in total. The van der Waals surface area contributed by atoms with E-state index in [0.717, 1.165) is 12.1 Å². The molecule has 2 N–H and O–H groups in total. The Morgan fingerprint density at radius 3 is 2.72 bits per heavy atom. The van der Waals surface area contributed by atoms with Crippen molar-refractivity contribution in [2.75, 3.05) is 20.1 Å². The van der Waals surface area contributed by atoms with Gasteiger partial charge >= 0.3 is 0 Å². The molecular weight excluding hydrogens is 453 g/mol. The van der Waals surface area contributed by atoms with E-state index < -0.39 is 5.60 Å². The van der Waals surface area contributed by atoms with E-state index in [1.165, 1.54) is 0 Å². The number of benzene rings is 1. The third kappa shape index (κ3) is 6.52. The van der Waals surface area contributed by atoms with E-state index in [-0.39, 0.29) is 30.5 Å². The summed E-state index contributed by atoms with van der Waals surface area (Å²) in [6.45, 7) is 5.29. The predicted molar refractivity (Wildman–Crippen MR) is 113 cm³/mol. The average molecular weight is 478 g/mol. The van der Waals surface area contributed by atoms with Crippen LogP contribution in [0.5, 0.6) is 0 Å². The largest absolute Gasteiger partial charge is 0.466 e. The zero-order valence-electron chi connectivity index (χ0n) is 14.7. The van der Waals surface area contributed by atoms with E-state index in [1.807, 2.05) is 43.1 Å². The zero-order valence-corrected chi connectivity index (χ0v) is 17.8. The molecule has 2 rings (SSSR count). The number of nitrogens with zero attached hydrogens (tertiary/aromatic N) is 2. The van der Waals surface area contributed by atoms with Crippen LogP contribution in [0, 0.1) is 0 Å². The van der Waals surface area contributed by atoms with Crippen LogP contribution in [0.2, 0.25) is 5.02 Å². The normalized spacial score (nSPS) is 13.7. The van der Waals surface area contributed by atoms with Crippen LogP contribution < -0.4 is 5.32 Å². The minimum atomic E-state index is -1.15. The maximum absolute atomic E-state index is 10.5. The Morgan fingerprint density at radius 1 is 1.36 bits per heavy atom. The van der Waals surface area contributed by atoms with Crippen LogP contribution in [-0.2, 0) is 12.1 Å². The Bertz CT molecular complexity index is 675. The summed E-state index contributed by atoms with van der Waals surface area (Å²) in [5, 5.41) is 14.5. The molecule has 0 aliphatic rings. The fourth-order valence-corrected chi connectivity index (χ4v) is 2.56. The number of rotatable bonds is 6. The molecule has 1 atom stereocenters. The first kappa shape index (κ1) is 21.8. The Kier molecular flexibility index (Phi) is 8.75. The molecule has 1 aromatic carbocycles. The molecule has 0 aliphatic heterocycles. The highest BCUT2D eigenvalue weighted by atomic mass is 127. The molecule has 0 spiro atoms.